The van der Waals surface area contributed by atoms with Crippen LogP contribution in [-0.4, -0.2) is 24.7 Å². The maximum atomic E-state index is 12.2. The molecule has 2 aromatic rings. The summed E-state index contributed by atoms with van der Waals surface area (Å²) in [7, 11) is 0. The Morgan fingerprint density at radius 1 is 1.15 bits per heavy atom. The van der Waals surface area contributed by atoms with Crippen LogP contribution in [0.25, 0.3) is 0 Å². The van der Waals surface area contributed by atoms with Gasteiger partial charge in [0.05, 0.1) is 12.8 Å². The van der Waals surface area contributed by atoms with Gasteiger partial charge in [-0.1, -0.05) is 36.4 Å². The molecule has 0 saturated heterocycles. The molecule has 0 radical (unpaired) electrons. The van der Waals surface area contributed by atoms with Crippen LogP contribution in [0.3, 0.4) is 0 Å². The minimum atomic E-state index is -0.189. The fraction of sp³-hybridized carbons (Fsp3) is 0.250. The Hall–Kier alpha value is -3.15. The molecule has 0 unspecified atom stereocenters. The maximum Gasteiger partial charge on any atom is 0.306 e. The van der Waals surface area contributed by atoms with E-state index in [9.17, 15) is 9.59 Å². The molecule has 0 atom stereocenters. The molecule has 3 N–H and O–H groups in total. The third kappa shape index (κ3) is 6.05. The topological polar surface area (TPSA) is 93.8 Å². The number of hydrogen-bond donors (Lipinski definition) is 2. The van der Waals surface area contributed by atoms with Crippen LogP contribution in [0.5, 0.6) is 0 Å². The smallest absolute Gasteiger partial charge is 0.306 e. The lowest BCUT2D eigenvalue weighted by molar-refractivity contribution is -0.143. The number of carbonyl (C=O) groups is 2. The summed E-state index contributed by atoms with van der Waals surface area (Å²) >= 11 is 0. The first-order chi connectivity index (χ1) is 12.6. The number of esters is 1. The van der Waals surface area contributed by atoms with E-state index in [0.717, 1.165) is 16.7 Å². The number of benzene rings is 2. The van der Waals surface area contributed by atoms with Gasteiger partial charge in [-0.2, -0.15) is 5.10 Å². The van der Waals surface area contributed by atoms with E-state index in [-0.39, 0.29) is 11.9 Å². The molecule has 1 amide bonds. The molecule has 0 saturated carbocycles. The Kier molecular flexibility index (Phi) is 7.36. The first kappa shape index (κ1) is 19.2. The Bertz CT molecular complexity index is 770. The summed E-state index contributed by atoms with van der Waals surface area (Å²) in [4.78, 5) is 23.6. The standard InChI is InChI=1S/C20H23N3O3/c1-2-26-19(24)11-10-15-6-8-16(9-7-15)13-22-20(25)18-5-3-4-17(12-18)14-23-21/h3-9,12,14H,2,10-11,13,21H2,1H3,(H,22,25). The normalized spacial score (nSPS) is 10.7. The van der Waals surface area contributed by atoms with Crippen LogP contribution in [0.1, 0.15) is 40.4 Å². The molecule has 6 nitrogen and oxygen atoms in total. The van der Waals surface area contributed by atoms with Gasteiger partial charge in [0.25, 0.3) is 5.91 Å². The number of aryl methyl sites for hydroxylation is 1. The van der Waals surface area contributed by atoms with Crippen LogP contribution in [0.2, 0.25) is 0 Å². The van der Waals surface area contributed by atoms with Crippen molar-refractivity contribution in [2.24, 2.45) is 10.9 Å². The van der Waals surface area contributed by atoms with Crippen molar-refractivity contribution in [2.45, 2.75) is 26.3 Å². The lowest BCUT2D eigenvalue weighted by Crippen LogP contribution is -2.22. The van der Waals surface area contributed by atoms with Crippen molar-refractivity contribution >= 4 is 18.1 Å². The highest BCUT2D eigenvalue weighted by Crippen LogP contribution is 2.08. The maximum absolute atomic E-state index is 12.2. The number of hydrazone groups is 1. The zero-order valence-electron chi connectivity index (χ0n) is 14.8. The van der Waals surface area contributed by atoms with Gasteiger partial charge in [-0.05, 0) is 42.2 Å². The minimum Gasteiger partial charge on any atom is -0.466 e. The predicted molar refractivity (Wildman–Crippen MR) is 101 cm³/mol. The molecular formula is C20H23N3O3. The fourth-order valence-electron chi connectivity index (χ4n) is 2.43. The highest BCUT2D eigenvalue weighted by Gasteiger charge is 2.06. The molecule has 0 spiro atoms. The Labute approximate surface area is 153 Å². The largest absolute Gasteiger partial charge is 0.466 e. The second-order valence-electron chi connectivity index (χ2n) is 5.71. The Morgan fingerprint density at radius 2 is 1.88 bits per heavy atom. The summed E-state index contributed by atoms with van der Waals surface area (Å²) < 4.78 is 4.92. The van der Waals surface area contributed by atoms with Crippen LogP contribution in [-0.2, 0) is 22.5 Å². The highest BCUT2D eigenvalue weighted by molar-refractivity contribution is 5.96. The second-order valence-corrected chi connectivity index (χ2v) is 5.71. The number of nitrogens with one attached hydrogen (secondary N) is 1. The van der Waals surface area contributed by atoms with E-state index in [0.29, 0.717) is 31.6 Å². The number of nitrogens with zero attached hydrogens (tertiary/aromatic N) is 1. The zero-order chi connectivity index (χ0) is 18.8. The molecule has 0 heterocycles. The minimum absolute atomic E-state index is 0.163. The lowest BCUT2D eigenvalue weighted by Gasteiger charge is -2.07. The fourth-order valence-corrected chi connectivity index (χ4v) is 2.43. The average molecular weight is 353 g/mol. The molecule has 0 bridgehead atoms. The van der Waals surface area contributed by atoms with E-state index in [1.807, 2.05) is 30.3 Å². The zero-order valence-corrected chi connectivity index (χ0v) is 14.8. The van der Waals surface area contributed by atoms with Gasteiger partial charge in [0.15, 0.2) is 0 Å². The molecule has 0 aliphatic heterocycles. The van der Waals surface area contributed by atoms with E-state index in [2.05, 4.69) is 10.4 Å². The summed E-state index contributed by atoms with van der Waals surface area (Å²) in [6, 6.07) is 14.9. The molecule has 0 aliphatic rings. The van der Waals surface area contributed by atoms with E-state index in [4.69, 9.17) is 10.6 Å². The van der Waals surface area contributed by atoms with E-state index >= 15 is 0 Å². The Balaban J connectivity index is 1.86. The van der Waals surface area contributed by atoms with Gasteiger partial charge >= 0.3 is 5.97 Å². The number of nitrogens with two attached hydrogens (primary N) is 1. The van der Waals surface area contributed by atoms with Gasteiger partial charge in [0.2, 0.25) is 0 Å². The van der Waals surface area contributed by atoms with Crippen LogP contribution >= 0.6 is 0 Å². The lowest BCUT2D eigenvalue weighted by atomic mass is 10.1. The van der Waals surface area contributed by atoms with Crippen LogP contribution in [0, 0.1) is 0 Å². The van der Waals surface area contributed by atoms with Gasteiger partial charge in [-0.25, -0.2) is 0 Å². The highest BCUT2D eigenvalue weighted by atomic mass is 16.5. The van der Waals surface area contributed by atoms with Crippen molar-refractivity contribution in [1.82, 2.24) is 5.32 Å². The summed E-state index contributed by atoms with van der Waals surface area (Å²) in [5.74, 6) is 4.78. The molecule has 26 heavy (non-hydrogen) atoms. The monoisotopic (exact) mass is 353 g/mol. The van der Waals surface area contributed by atoms with Crippen LogP contribution < -0.4 is 11.2 Å². The molecule has 2 rings (SSSR count). The average Bonchev–Trinajstić information content (AvgIpc) is 2.66. The van der Waals surface area contributed by atoms with E-state index < -0.39 is 0 Å². The quantitative estimate of drug-likeness (QED) is 0.330. The number of amides is 1. The SMILES string of the molecule is CCOC(=O)CCc1ccc(CNC(=O)c2cccc(C=NN)c2)cc1. The summed E-state index contributed by atoms with van der Waals surface area (Å²) in [6.45, 7) is 2.62. The van der Waals surface area contributed by atoms with Crippen molar-refractivity contribution in [3.63, 3.8) is 0 Å². The van der Waals surface area contributed by atoms with Crippen molar-refractivity contribution in [1.29, 1.82) is 0 Å². The van der Waals surface area contributed by atoms with Crippen LogP contribution in [0.15, 0.2) is 53.6 Å². The summed E-state index contributed by atoms with van der Waals surface area (Å²) in [5, 5.41) is 6.34. The molecule has 0 fully saturated rings. The number of hydrogen-bond acceptors (Lipinski definition) is 5. The van der Waals surface area contributed by atoms with Gasteiger partial charge in [-0.15, -0.1) is 0 Å². The first-order valence-electron chi connectivity index (χ1n) is 8.47. The van der Waals surface area contributed by atoms with Gasteiger partial charge in [0, 0.05) is 18.5 Å². The molecular weight excluding hydrogens is 330 g/mol. The molecule has 2 aromatic carbocycles. The summed E-state index contributed by atoms with van der Waals surface area (Å²) in [6.07, 6.45) is 2.50. The first-order valence-corrected chi connectivity index (χ1v) is 8.47. The Morgan fingerprint density at radius 3 is 2.58 bits per heavy atom. The molecule has 6 heteroatoms. The number of carbonyl (C=O) groups excluding carboxylic acids is 2. The van der Waals surface area contributed by atoms with Crippen molar-refractivity contribution in [3.8, 4) is 0 Å². The third-order valence-electron chi connectivity index (χ3n) is 3.77. The van der Waals surface area contributed by atoms with Gasteiger partial charge < -0.3 is 15.9 Å². The van der Waals surface area contributed by atoms with Crippen molar-refractivity contribution in [2.75, 3.05) is 6.61 Å². The number of ether oxygens (including phenoxy) is 1. The molecule has 0 aromatic heterocycles. The van der Waals surface area contributed by atoms with E-state index in [1.54, 1.807) is 25.1 Å². The molecule has 0 aliphatic carbocycles. The third-order valence-corrected chi connectivity index (χ3v) is 3.77. The van der Waals surface area contributed by atoms with Crippen LogP contribution in [0.4, 0.5) is 0 Å². The van der Waals surface area contributed by atoms with Crippen molar-refractivity contribution < 1.29 is 14.3 Å². The van der Waals surface area contributed by atoms with Gasteiger partial charge in [-0.3, -0.25) is 9.59 Å². The second kappa shape index (κ2) is 9.98. The van der Waals surface area contributed by atoms with E-state index in [1.165, 1.54) is 6.21 Å². The number of rotatable bonds is 8. The molecule has 136 valence electrons. The van der Waals surface area contributed by atoms with Crippen molar-refractivity contribution in [3.05, 3.63) is 70.8 Å². The van der Waals surface area contributed by atoms with Gasteiger partial charge in [0.1, 0.15) is 0 Å². The summed E-state index contributed by atoms with van der Waals surface area (Å²) in [5.41, 5.74) is 3.36. The predicted octanol–water partition coefficient (Wildman–Crippen LogP) is 2.40.